The van der Waals surface area contributed by atoms with E-state index >= 15 is 0 Å². The van der Waals surface area contributed by atoms with E-state index in [1.165, 1.54) is 11.1 Å². The predicted octanol–water partition coefficient (Wildman–Crippen LogP) is 4.84. The van der Waals surface area contributed by atoms with Crippen LogP contribution in [-0.4, -0.2) is 47.2 Å². The van der Waals surface area contributed by atoms with Gasteiger partial charge in [-0.2, -0.15) is 0 Å². The number of dihydropyridines is 1. The molecule has 0 radical (unpaired) electrons. The van der Waals surface area contributed by atoms with Crippen LogP contribution in [-0.2, 0) is 14.3 Å². The minimum absolute atomic E-state index is 0.0778. The molecule has 0 aromatic heterocycles. The molecule has 2 aromatic rings. The first-order chi connectivity index (χ1) is 16.8. The molecule has 4 rings (SSSR count). The van der Waals surface area contributed by atoms with Crippen molar-refractivity contribution in [2.45, 2.75) is 51.6 Å². The lowest BCUT2D eigenvalue weighted by Gasteiger charge is -2.28. The Hall–Kier alpha value is -3.38. The SMILES string of the molecule is CC1=C(C(=O)O)CC(C(=O)O[C@@]2(C)CCN(CCC(c3ccccc3)c3ccccc3)C2)=C(C)N1. The van der Waals surface area contributed by atoms with E-state index in [0.717, 1.165) is 25.9 Å². The van der Waals surface area contributed by atoms with Crippen molar-refractivity contribution in [1.82, 2.24) is 10.2 Å². The molecule has 6 nitrogen and oxygen atoms in total. The summed E-state index contributed by atoms with van der Waals surface area (Å²) in [5, 5.41) is 12.5. The van der Waals surface area contributed by atoms with E-state index in [4.69, 9.17) is 4.74 Å². The van der Waals surface area contributed by atoms with Crippen LogP contribution in [0.5, 0.6) is 0 Å². The average molecular weight is 475 g/mol. The summed E-state index contributed by atoms with van der Waals surface area (Å²) in [4.78, 5) is 26.9. The minimum atomic E-state index is -1.02. The van der Waals surface area contributed by atoms with Crippen molar-refractivity contribution < 1.29 is 19.4 Å². The highest BCUT2D eigenvalue weighted by Crippen LogP contribution is 2.32. The van der Waals surface area contributed by atoms with Crippen LogP contribution >= 0.6 is 0 Å². The van der Waals surface area contributed by atoms with Gasteiger partial charge in [-0.05, 0) is 44.9 Å². The van der Waals surface area contributed by atoms with E-state index in [0.29, 0.717) is 29.4 Å². The van der Waals surface area contributed by atoms with Gasteiger partial charge < -0.3 is 15.2 Å². The molecule has 0 aliphatic carbocycles. The lowest BCUT2D eigenvalue weighted by molar-refractivity contribution is -0.152. The zero-order valence-electron chi connectivity index (χ0n) is 20.7. The molecular formula is C29H34N2O4. The zero-order chi connectivity index (χ0) is 25.0. The third kappa shape index (κ3) is 5.82. The molecule has 0 amide bonds. The number of ether oxygens (including phenoxy) is 1. The quantitative estimate of drug-likeness (QED) is 0.533. The number of rotatable bonds is 8. The summed E-state index contributed by atoms with van der Waals surface area (Å²) >= 11 is 0. The largest absolute Gasteiger partial charge is 0.478 e. The van der Waals surface area contributed by atoms with E-state index < -0.39 is 17.5 Å². The molecular weight excluding hydrogens is 440 g/mol. The highest BCUT2D eigenvalue weighted by Gasteiger charge is 2.39. The van der Waals surface area contributed by atoms with E-state index in [9.17, 15) is 14.7 Å². The fourth-order valence-corrected chi connectivity index (χ4v) is 5.13. The Kier molecular flexibility index (Phi) is 7.41. The molecule has 1 fully saturated rings. The molecule has 2 aliphatic rings. The Bertz CT molecular complexity index is 1100. The number of hydrogen-bond acceptors (Lipinski definition) is 5. The average Bonchev–Trinajstić information content (AvgIpc) is 3.20. The molecule has 0 bridgehead atoms. The highest BCUT2D eigenvalue weighted by molar-refractivity contribution is 5.96. The second-order valence-electron chi connectivity index (χ2n) is 9.84. The first kappa shape index (κ1) is 24.7. The van der Waals surface area contributed by atoms with E-state index in [1.807, 2.05) is 19.1 Å². The summed E-state index contributed by atoms with van der Waals surface area (Å²) in [6.07, 6.45) is 1.80. The number of carbonyl (C=O) groups excluding carboxylic acids is 1. The van der Waals surface area contributed by atoms with Crippen LogP contribution in [0.15, 0.2) is 83.2 Å². The third-order valence-electron chi connectivity index (χ3n) is 7.13. The van der Waals surface area contributed by atoms with Crippen LogP contribution in [0.1, 0.15) is 57.1 Å². The van der Waals surface area contributed by atoms with E-state index in [-0.39, 0.29) is 12.0 Å². The van der Waals surface area contributed by atoms with Gasteiger partial charge in [0, 0.05) is 43.2 Å². The van der Waals surface area contributed by atoms with E-state index in [2.05, 4.69) is 58.7 Å². The summed E-state index contributed by atoms with van der Waals surface area (Å²) in [6.45, 7) is 7.89. The number of carbonyl (C=O) groups is 2. The summed E-state index contributed by atoms with van der Waals surface area (Å²) in [5.41, 5.74) is 3.82. The Morgan fingerprint density at radius 1 is 1.00 bits per heavy atom. The van der Waals surface area contributed by atoms with Gasteiger partial charge in [-0.15, -0.1) is 0 Å². The summed E-state index contributed by atoms with van der Waals surface area (Å²) in [7, 11) is 0. The Morgan fingerprint density at radius 2 is 1.57 bits per heavy atom. The fourth-order valence-electron chi connectivity index (χ4n) is 5.13. The van der Waals surface area contributed by atoms with Crippen LogP contribution in [0.25, 0.3) is 0 Å². The molecule has 2 aliphatic heterocycles. The number of hydrogen-bond donors (Lipinski definition) is 2. The van der Waals surface area contributed by atoms with Gasteiger partial charge in [-0.25, -0.2) is 9.59 Å². The number of carboxylic acids is 1. The number of carboxylic acid groups (broad SMARTS) is 1. The van der Waals surface area contributed by atoms with Crippen molar-refractivity contribution >= 4 is 11.9 Å². The van der Waals surface area contributed by atoms with Gasteiger partial charge in [-0.3, -0.25) is 4.90 Å². The lowest BCUT2D eigenvalue weighted by atomic mass is 9.88. The number of allylic oxidation sites excluding steroid dienone is 2. The number of aliphatic carboxylic acids is 1. The van der Waals surface area contributed by atoms with Crippen LogP contribution in [0.2, 0.25) is 0 Å². The van der Waals surface area contributed by atoms with Crippen LogP contribution in [0, 0.1) is 0 Å². The lowest BCUT2D eigenvalue weighted by Crippen LogP contribution is -2.37. The number of likely N-dealkylation sites (tertiary alicyclic amines) is 1. The molecule has 1 atom stereocenters. The summed E-state index contributed by atoms with van der Waals surface area (Å²) in [6, 6.07) is 21.2. The number of benzene rings is 2. The molecule has 2 heterocycles. The smallest absolute Gasteiger partial charge is 0.336 e. The van der Waals surface area contributed by atoms with Crippen LogP contribution < -0.4 is 5.32 Å². The minimum Gasteiger partial charge on any atom is -0.478 e. The zero-order valence-corrected chi connectivity index (χ0v) is 20.7. The number of nitrogens with one attached hydrogen (secondary N) is 1. The highest BCUT2D eigenvalue weighted by atomic mass is 16.6. The molecule has 2 aromatic carbocycles. The molecule has 0 spiro atoms. The number of nitrogens with zero attached hydrogens (tertiary/aromatic N) is 1. The molecule has 0 saturated carbocycles. The maximum Gasteiger partial charge on any atom is 0.336 e. The Labute approximate surface area is 207 Å². The normalized spacial score (nSPS) is 20.8. The van der Waals surface area contributed by atoms with Crippen molar-refractivity contribution in [3.05, 3.63) is 94.3 Å². The van der Waals surface area contributed by atoms with Gasteiger partial charge in [0.25, 0.3) is 0 Å². The second-order valence-corrected chi connectivity index (χ2v) is 9.84. The summed E-state index contributed by atoms with van der Waals surface area (Å²) in [5.74, 6) is -1.15. The van der Waals surface area contributed by atoms with Gasteiger partial charge in [0.1, 0.15) is 5.60 Å². The molecule has 2 N–H and O–H groups in total. The first-order valence-electron chi connectivity index (χ1n) is 12.2. The van der Waals surface area contributed by atoms with Crippen molar-refractivity contribution in [3.8, 4) is 0 Å². The molecule has 35 heavy (non-hydrogen) atoms. The van der Waals surface area contributed by atoms with Crippen LogP contribution in [0.4, 0.5) is 0 Å². The molecule has 0 unspecified atom stereocenters. The van der Waals surface area contributed by atoms with Gasteiger partial charge in [-0.1, -0.05) is 60.7 Å². The number of esters is 1. The standard InChI is InChI=1S/C29H34N2O4/c1-20-25(27(32)33)18-26(21(2)30-20)28(34)35-29(3)15-17-31(19-29)16-14-24(22-10-6-4-7-11-22)23-12-8-5-9-13-23/h4-13,24,30H,14-19H2,1-3H3,(H,32,33)/t29-/m0/s1. The Morgan fingerprint density at radius 3 is 2.14 bits per heavy atom. The van der Waals surface area contributed by atoms with Gasteiger partial charge >= 0.3 is 11.9 Å². The van der Waals surface area contributed by atoms with Crippen LogP contribution in [0.3, 0.4) is 0 Å². The molecule has 6 heteroatoms. The maximum absolute atomic E-state index is 13.0. The monoisotopic (exact) mass is 474 g/mol. The topological polar surface area (TPSA) is 78.9 Å². The van der Waals surface area contributed by atoms with Crippen molar-refractivity contribution in [2.24, 2.45) is 0 Å². The maximum atomic E-state index is 13.0. The van der Waals surface area contributed by atoms with Gasteiger partial charge in [0.2, 0.25) is 0 Å². The predicted molar refractivity (Wildman–Crippen MR) is 136 cm³/mol. The third-order valence-corrected chi connectivity index (χ3v) is 7.13. The van der Waals surface area contributed by atoms with Gasteiger partial charge in [0.05, 0.1) is 11.1 Å². The van der Waals surface area contributed by atoms with Crippen molar-refractivity contribution in [2.75, 3.05) is 19.6 Å². The van der Waals surface area contributed by atoms with Crippen molar-refractivity contribution in [1.29, 1.82) is 0 Å². The Balaban J connectivity index is 1.39. The summed E-state index contributed by atoms with van der Waals surface area (Å²) < 4.78 is 5.98. The molecule has 184 valence electrons. The first-order valence-corrected chi connectivity index (χ1v) is 12.2. The van der Waals surface area contributed by atoms with E-state index in [1.54, 1.807) is 13.8 Å². The fraction of sp³-hybridized carbons (Fsp3) is 0.379. The van der Waals surface area contributed by atoms with Gasteiger partial charge in [0.15, 0.2) is 0 Å². The molecule has 1 saturated heterocycles. The van der Waals surface area contributed by atoms with Crippen molar-refractivity contribution in [3.63, 3.8) is 0 Å². The second kappa shape index (κ2) is 10.5.